The zero-order valence-electron chi connectivity index (χ0n) is 12.4. The monoisotopic (exact) mass is 277 g/mol. The largest absolute Gasteiger partial charge is 0.476 e. The first kappa shape index (κ1) is 14.9. The van der Waals surface area contributed by atoms with Crippen molar-refractivity contribution in [1.82, 2.24) is 0 Å². The van der Waals surface area contributed by atoms with Crippen LogP contribution in [-0.2, 0) is 22.4 Å². The summed E-state index contributed by atoms with van der Waals surface area (Å²) < 4.78 is 10.8. The van der Waals surface area contributed by atoms with Gasteiger partial charge in [-0.05, 0) is 63.3 Å². The summed E-state index contributed by atoms with van der Waals surface area (Å²) in [7, 11) is 0. The zero-order chi connectivity index (χ0) is 14.8. The number of ether oxygens (including phenoxy) is 2. The number of benzene rings is 1. The Balaban J connectivity index is 2.14. The standard InChI is InChI=1S/C16H23NO3/c1-4-19-15(18)16(2,3)20-14-8-6-11-5-7-13(17)9-12(11)10-14/h6,8,10,13H,4-5,7,9,17H2,1-3H3/t13-/m1/s1. The maximum absolute atomic E-state index is 11.8. The molecule has 2 N–H and O–H groups in total. The summed E-state index contributed by atoms with van der Waals surface area (Å²) in [5, 5.41) is 0. The molecule has 0 radical (unpaired) electrons. The third-order valence-electron chi connectivity index (χ3n) is 3.58. The van der Waals surface area contributed by atoms with Gasteiger partial charge in [-0.1, -0.05) is 6.07 Å². The molecule has 2 rings (SSSR count). The minimum Gasteiger partial charge on any atom is -0.476 e. The van der Waals surface area contributed by atoms with Gasteiger partial charge in [-0.3, -0.25) is 0 Å². The Hall–Kier alpha value is -1.55. The van der Waals surface area contributed by atoms with E-state index in [1.54, 1.807) is 20.8 Å². The molecule has 1 aromatic carbocycles. The number of carbonyl (C=O) groups excluding carboxylic acids is 1. The summed E-state index contributed by atoms with van der Waals surface area (Å²) >= 11 is 0. The first-order valence-electron chi connectivity index (χ1n) is 7.16. The molecule has 0 saturated heterocycles. The van der Waals surface area contributed by atoms with Gasteiger partial charge >= 0.3 is 5.97 Å². The molecule has 4 heteroatoms. The highest BCUT2D eigenvalue weighted by Gasteiger charge is 2.31. The van der Waals surface area contributed by atoms with E-state index in [9.17, 15) is 4.79 Å². The molecule has 110 valence electrons. The fraction of sp³-hybridized carbons (Fsp3) is 0.562. The molecule has 0 saturated carbocycles. The quantitative estimate of drug-likeness (QED) is 0.857. The van der Waals surface area contributed by atoms with Gasteiger partial charge in [-0.25, -0.2) is 4.79 Å². The van der Waals surface area contributed by atoms with Gasteiger partial charge < -0.3 is 15.2 Å². The van der Waals surface area contributed by atoms with Crippen molar-refractivity contribution in [3.05, 3.63) is 29.3 Å². The number of aryl methyl sites for hydroxylation is 1. The van der Waals surface area contributed by atoms with E-state index in [4.69, 9.17) is 15.2 Å². The molecule has 0 heterocycles. The van der Waals surface area contributed by atoms with Crippen molar-refractivity contribution in [3.8, 4) is 5.75 Å². The van der Waals surface area contributed by atoms with Gasteiger partial charge in [0.15, 0.2) is 5.60 Å². The number of nitrogens with two attached hydrogens (primary N) is 1. The summed E-state index contributed by atoms with van der Waals surface area (Å²) in [6.07, 6.45) is 2.91. The predicted molar refractivity (Wildman–Crippen MR) is 77.8 cm³/mol. The minimum absolute atomic E-state index is 0.218. The Labute approximate surface area is 120 Å². The highest BCUT2D eigenvalue weighted by atomic mass is 16.6. The first-order chi connectivity index (χ1) is 9.42. The van der Waals surface area contributed by atoms with Gasteiger partial charge in [0.1, 0.15) is 5.75 Å². The fourth-order valence-electron chi connectivity index (χ4n) is 2.47. The van der Waals surface area contributed by atoms with E-state index in [0.717, 1.165) is 19.3 Å². The van der Waals surface area contributed by atoms with Crippen LogP contribution in [0.4, 0.5) is 0 Å². The van der Waals surface area contributed by atoms with Crippen LogP contribution in [0, 0.1) is 0 Å². The third-order valence-corrected chi connectivity index (χ3v) is 3.58. The molecule has 0 aromatic heterocycles. The van der Waals surface area contributed by atoms with E-state index in [2.05, 4.69) is 6.07 Å². The Morgan fingerprint density at radius 2 is 2.15 bits per heavy atom. The van der Waals surface area contributed by atoms with Crippen molar-refractivity contribution in [2.24, 2.45) is 5.73 Å². The fourth-order valence-corrected chi connectivity index (χ4v) is 2.47. The van der Waals surface area contributed by atoms with Crippen molar-refractivity contribution in [1.29, 1.82) is 0 Å². The molecule has 4 nitrogen and oxygen atoms in total. The second-order valence-electron chi connectivity index (χ2n) is 5.77. The van der Waals surface area contributed by atoms with Crippen LogP contribution in [0.25, 0.3) is 0 Å². The second-order valence-corrected chi connectivity index (χ2v) is 5.77. The molecule has 0 unspecified atom stereocenters. The van der Waals surface area contributed by atoms with Crippen molar-refractivity contribution >= 4 is 5.97 Å². The van der Waals surface area contributed by atoms with Crippen LogP contribution in [0.2, 0.25) is 0 Å². The zero-order valence-corrected chi connectivity index (χ0v) is 12.4. The maximum atomic E-state index is 11.8. The topological polar surface area (TPSA) is 61.5 Å². The van der Waals surface area contributed by atoms with E-state index < -0.39 is 5.60 Å². The van der Waals surface area contributed by atoms with Crippen LogP contribution < -0.4 is 10.5 Å². The molecule has 20 heavy (non-hydrogen) atoms. The Bertz CT molecular complexity index is 496. The molecular formula is C16H23NO3. The molecule has 0 spiro atoms. The Kier molecular flexibility index (Phi) is 4.33. The lowest BCUT2D eigenvalue weighted by molar-refractivity contribution is -0.158. The lowest BCUT2D eigenvalue weighted by Crippen LogP contribution is -2.39. The normalized spacial score (nSPS) is 18.3. The lowest BCUT2D eigenvalue weighted by Gasteiger charge is -2.26. The van der Waals surface area contributed by atoms with Gasteiger partial charge in [0.2, 0.25) is 0 Å². The SMILES string of the molecule is CCOC(=O)C(C)(C)Oc1ccc2c(c1)C[C@H](N)CC2. The minimum atomic E-state index is -0.985. The van der Waals surface area contributed by atoms with Crippen molar-refractivity contribution in [2.75, 3.05) is 6.61 Å². The average Bonchev–Trinajstić information content (AvgIpc) is 2.38. The third kappa shape index (κ3) is 3.31. The van der Waals surface area contributed by atoms with Gasteiger partial charge in [0.05, 0.1) is 6.61 Å². The highest BCUT2D eigenvalue weighted by Crippen LogP contribution is 2.27. The molecule has 1 aromatic rings. The van der Waals surface area contributed by atoms with E-state index in [-0.39, 0.29) is 12.0 Å². The lowest BCUT2D eigenvalue weighted by atomic mass is 9.88. The van der Waals surface area contributed by atoms with Gasteiger partial charge in [0, 0.05) is 6.04 Å². The maximum Gasteiger partial charge on any atom is 0.349 e. The summed E-state index contributed by atoms with van der Waals surface area (Å²) in [6.45, 7) is 5.57. The van der Waals surface area contributed by atoms with E-state index in [1.807, 2.05) is 12.1 Å². The average molecular weight is 277 g/mol. The van der Waals surface area contributed by atoms with Crippen molar-refractivity contribution in [2.45, 2.75) is 51.7 Å². The number of rotatable bonds is 4. The van der Waals surface area contributed by atoms with Crippen LogP contribution >= 0.6 is 0 Å². The van der Waals surface area contributed by atoms with Gasteiger partial charge in [-0.15, -0.1) is 0 Å². The van der Waals surface area contributed by atoms with Crippen LogP contribution in [0.1, 0.15) is 38.3 Å². The Morgan fingerprint density at radius 3 is 2.85 bits per heavy atom. The van der Waals surface area contributed by atoms with Crippen LogP contribution in [-0.4, -0.2) is 24.2 Å². The van der Waals surface area contributed by atoms with Crippen LogP contribution in [0.3, 0.4) is 0 Å². The number of hydrogen-bond donors (Lipinski definition) is 1. The molecule has 0 bridgehead atoms. The summed E-state index contributed by atoms with van der Waals surface area (Å²) in [4.78, 5) is 11.8. The van der Waals surface area contributed by atoms with Gasteiger partial charge in [-0.2, -0.15) is 0 Å². The highest BCUT2D eigenvalue weighted by molar-refractivity contribution is 5.79. The summed E-state index contributed by atoms with van der Waals surface area (Å²) in [5.41, 5.74) is 7.56. The van der Waals surface area contributed by atoms with E-state index in [0.29, 0.717) is 12.4 Å². The summed E-state index contributed by atoms with van der Waals surface area (Å²) in [6, 6.07) is 6.19. The van der Waals surface area contributed by atoms with E-state index >= 15 is 0 Å². The van der Waals surface area contributed by atoms with Crippen LogP contribution in [0.5, 0.6) is 5.75 Å². The molecule has 0 fully saturated rings. The molecule has 1 atom stereocenters. The number of fused-ring (bicyclic) bond motifs is 1. The number of hydrogen-bond acceptors (Lipinski definition) is 4. The van der Waals surface area contributed by atoms with E-state index in [1.165, 1.54) is 11.1 Å². The Morgan fingerprint density at radius 1 is 1.40 bits per heavy atom. The molecule has 0 amide bonds. The molecular weight excluding hydrogens is 254 g/mol. The molecule has 1 aliphatic rings. The number of carbonyl (C=O) groups is 1. The van der Waals surface area contributed by atoms with Crippen LogP contribution in [0.15, 0.2) is 18.2 Å². The predicted octanol–water partition coefficient (Wildman–Crippen LogP) is 2.22. The van der Waals surface area contributed by atoms with Gasteiger partial charge in [0.25, 0.3) is 0 Å². The smallest absolute Gasteiger partial charge is 0.349 e. The first-order valence-corrected chi connectivity index (χ1v) is 7.16. The van der Waals surface area contributed by atoms with Crippen molar-refractivity contribution in [3.63, 3.8) is 0 Å². The number of esters is 1. The summed E-state index contributed by atoms with van der Waals surface area (Å²) in [5.74, 6) is 0.338. The molecule has 1 aliphatic carbocycles. The molecule has 0 aliphatic heterocycles. The van der Waals surface area contributed by atoms with Crippen molar-refractivity contribution < 1.29 is 14.3 Å². The second kappa shape index (κ2) is 5.83.